The molecule has 1 aromatic carbocycles. The number of alkyl halides is 1. The van der Waals surface area contributed by atoms with Gasteiger partial charge in [0, 0.05) is 22.3 Å². The van der Waals surface area contributed by atoms with Crippen LogP contribution in [0, 0.1) is 11.3 Å². The average Bonchev–Trinajstić information content (AvgIpc) is 2.57. The molecule has 0 saturated carbocycles. The van der Waals surface area contributed by atoms with Crippen LogP contribution in [0.2, 0.25) is 5.22 Å². The molecule has 1 aromatic heterocycles. The van der Waals surface area contributed by atoms with E-state index in [1.165, 1.54) is 0 Å². The highest BCUT2D eigenvalue weighted by molar-refractivity contribution is 9.08. The van der Waals surface area contributed by atoms with Crippen LogP contribution in [0.15, 0.2) is 22.6 Å². The Balaban J connectivity index is 2.86. The Morgan fingerprint density at radius 1 is 1.50 bits per heavy atom. The van der Waals surface area contributed by atoms with Crippen LogP contribution < -0.4 is 0 Å². The largest absolute Gasteiger partial charge is 0.444 e. The number of hydrogen-bond donors (Lipinski definition) is 0. The molecule has 0 saturated heterocycles. The fraction of sp³-hybridized carbons (Fsp3) is 0.100. The number of benzene rings is 1. The minimum atomic E-state index is 0.310. The van der Waals surface area contributed by atoms with E-state index < -0.39 is 0 Å². The van der Waals surface area contributed by atoms with Crippen LogP contribution in [0.3, 0.4) is 0 Å². The summed E-state index contributed by atoms with van der Waals surface area (Å²) in [7, 11) is 0. The first kappa shape index (κ1) is 9.57. The van der Waals surface area contributed by atoms with E-state index in [0.29, 0.717) is 21.7 Å². The van der Waals surface area contributed by atoms with Crippen molar-refractivity contribution in [3.05, 3.63) is 34.5 Å². The Morgan fingerprint density at radius 2 is 2.29 bits per heavy atom. The predicted molar refractivity (Wildman–Crippen MR) is 58.6 cm³/mol. The van der Waals surface area contributed by atoms with Crippen molar-refractivity contribution in [1.82, 2.24) is 0 Å². The monoisotopic (exact) mass is 269 g/mol. The molecule has 0 amide bonds. The van der Waals surface area contributed by atoms with Crippen LogP contribution in [0.5, 0.6) is 0 Å². The van der Waals surface area contributed by atoms with Crippen LogP contribution >= 0.6 is 27.5 Å². The van der Waals surface area contributed by atoms with Crippen LogP contribution in [-0.4, -0.2) is 0 Å². The van der Waals surface area contributed by atoms with E-state index in [0.717, 1.165) is 10.9 Å². The summed E-state index contributed by atoms with van der Waals surface area (Å²) in [5.74, 6) is 0. The third kappa shape index (κ3) is 1.41. The van der Waals surface area contributed by atoms with Gasteiger partial charge in [-0.25, -0.2) is 0 Å². The molecule has 0 unspecified atom stereocenters. The summed E-state index contributed by atoms with van der Waals surface area (Å²) in [4.78, 5) is 0. The summed E-state index contributed by atoms with van der Waals surface area (Å²) >= 11 is 9.10. The Labute approximate surface area is 94.2 Å². The van der Waals surface area contributed by atoms with E-state index in [4.69, 9.17) is 21.3 Å². The van der Waals surface area contributed by atoms with Gasteiger partial charge in [-0.15, -0.1) is 0 Å². The summed E-state index contributed by atoms with van der Waals surface area (Å²) in [6.45, 7) is 0. The summed E-state index contributed by atoms with van der Waals surface area (Å²) in [5, 5.41) is 10.6. The second kappa shape index (κ2) is 3.64. The van der Waals surface area contributed by atoms with Gasteiger partial charge in [-0.3, -0.25) is 0 Å². The summed E-state index contributed by atoms with van der Waals surface area (Å²) in [5.41, 5.74) is 2.26. The normalized spacial score (nSPS) is 10.4. The lowest BCUT2D eigenvalue weighted by Crippen LogP contribution is -1.81. The molecule has 0 atom stereocenters. The zero-order valence-electron chi connectivity index (χ0n) is 7.05. The van der Waals surface area contributed by atoms with Crippen molar-refractivity contribution in [2.24, 2.45) is 0 Å². The maximum atomic E-state index is 8.86. The molecule has 0 spiro atoms. The molecule has 0 fully saturated rings. The summed E-state index contributed by atoms with van der Waals surface area (Å²) in [6.07, 6.45) is 0. The lowest BCUT2D eigenvalue weighted by Gasteiger charge is -1.97. The molecular formula is C10H5BrClNO. The topological polar surface area (TPSA) is 36.9 Å². The summed E-state index contributed by atoms with van der Waals surface area (Å²) in [6, 6.07) is 7.39. The van der Waals surface area contributed by atoms with Crippen LogP contribution in [-0.2, 0) is 5.33 Å². The molecule has 1 heterocycles. The van der Waals surface area contributed by atoms with E-state index in [1.54, 1.807) is 12.1 Å². The van der Waals surface area contributed by atoms with Crippen molar-refractivity contribution in [2.75, 3.05) is 0 Å². The average molecular weight is 271 g/mol. The van der Waals surface area contributed by atoms with E-state index in [1.807, 2.05) is 6.07 Å². The Kier molecular flexibility index (Phi) is 2.49. The third-order valence-corrected chi connectivity index (χ3v) is 2.79. The van der Waals surface area contributed by atoms with Gasteiger partial charge in [-0.1, -0.05) is 22.0 Å². The van der Waals surface area contributed by atoms with Gasteiger partial charge in [0.2, 0.25) is 0 Å². The lowest BCUT2D eigenvalue weighted by atomic mass is 10.1. The number of furan rings is 1. The molecule has 0 aliphatic carbocycles. The van der Waals surface area contributed by atoms with Crippen molar-refractivity contribution >= 4 is 38.5 Å². The van der Waals surface area contributed by atoms with E-state index in [2.05, 4.69) is 22.0 Å². The molecule has 2 nitrogen and oxygen atoms in total. The fourth-order valence-corrected chi connectivity index (χ4v) is 1.98. The standard InChI is InChI=1S/C10H5BrClNO/c11-4-6-1-2-7(5-13)8-3-9(12)14-10(6)8/h1-3H,4H2. The SMILES string of the molecule is N#Cc1ccc(CBr)c2oc(Cl)cc12. The molecule has 2 rings (SSSR count). The predicted octanol–water partition coefficient (Wildman–Crippen LogP) is 3.85. The number of nitriles is 1. The zero-order valence-corrected chi connectivity index (χ0v) is 9.39. The van der Waals surface area contributed by atoms with E-state index in [9.17, 15) is 0 Å². The molecule has 0 bridgehead atoms. The second-order valence-corrected chi connectivity index (χ2v) is 3.74. The molecule has 0 aliphatic rings. The van der Waals surface area contributed by atoms with Crippen molar-refractivity contribution in [3.63, 3.8) is 0 Å². The van der Waals surface area contributed by atoms with Crippen LogP contribution in [0.25, 0.3) is 11.0 Å². The quantitative estimate of drug-likeness (QED) is 0.738. The van der Waals surface area contributed by atoms with Crippen molar-refractivity contribution in [1.29, 1.82) is 5.26 Å². The van der Waals surface area contributed by atoms with Gasteiger partial charge in [0.25, 0.3) is 0 Å². The Morgan fingerprint density at radius 3 is 2.93 bits per heavy atom. The molecular weight excluding hydrogens is 265 g/mol. The minimum absolute atomic E-state index is 0.310. The first-order chi connectivity index (χ1) is 6.76. The first-order valence-electron chi connectivity index (χ1n) is 3.93. The highest BCUT2D eigenvalue weighted by Gasteiger charge is 2.10. The van der Waals surface area contributed by atoms with Gasteiger partial charge >= 0.3 is 0 Å². The van der Waals surface area contributed by atoms with Gasteiger partial charge < -0.3 is 4.42 Å². The van der Waals surface area contributed by atoms with Gasteiger partial charge in [0.1, 0.15) is 5.58 Å². The maximum Gasteiger partial charge on any atom is 0.194 e. The van der Waals surface area contributed by atoms with Gasteiger partial charge in [-0.05, 0) is 17.7 Å². The Hall–Kier alpha value is -0.980. The molecule has 0 aliphatic heterocycles. The number of nitrogens with zero attached hydrogens (tertiary/aromatic N) is 1. The number of hydrogen-bond acceptors (Lipinski definition) is 2. The minimum Gasteiger partial charge on any atom is -0.444 e. The van der Waals surface area contributed by atoms with Gasteiger partial charge in [0.05, 0.1) is 11.6 Å². The Bertz CT molecular complexity index is 527. The molecule has 2 aromatic rings. The highest BCUT2D eigenvalue weighted by atomic mass is 79.9. The molecule has 0 N–H and O–H groups in total. The molecule has 70 valence electrons. The van der Waals surface area contributed by atoms with Crippen molar-refractivity contribution < 1.29 is 4.42 Å². The number of halogens is 2. The smallest absolute Gasteiger partial charge is 0.194 e. The zero-order chi connectivity index (χ0) is 10.1. The fourth-order valence-electron chi connectivity index (χ4n) is 1.35. The summed E-state index contributed by atoms with van der Waals surface area (Å²) < 4.78 is 5.32. The second-order valence-electron chi connectivity index (χ2n) is 2.81. The molecule has 14 heavy (non-hydrogen) atoms. The molecule has 0 radical (unpaired) electrons. The van der Waals surface area contributed by atoms with Crippen LogP contribution in [0.1, 0.15) is 11.1 Å². The number of rotatable bonds is 1. The van der Waals surface area contributed by atoms with Gasteiger partial charge in [-0.2, -0.15) is 5.26 Å². The maximum absolute atomic E-state index is 8.86. The first-order valence-corrected chi connectivity index (χ1v) is 5.43. The van der Waals surface area contributed by atoms with Gasteiger partial charge in [0.15, 0.2) is 5.22 Å². The van der Waals surface area contributed by atoms with Crippen molar-refractivity contribution in [2.45, 2.75) is 5.33 Å². The number of fused-ring (bicyclic) bond motifs is 1. The van der Waals surface area contributed by atoms with E-state index >= 15 is 0 Å². The lowest BCUT2D eigenvalue weighted by molar-refractivity contribution is 0.615. The van der Waals surface area contributed by atoms with E-state index in [-0.39, 0.29) is 0 Å². The molecule has 4 heteroatoms. The van der Waals surface area contributed by atoms with Crippen molar-refractivity contribution in [3.8, 4) is 6.07 Å². The highest BCUT2D eigenvalue weighted by Crippen LogP contribution is 2.29. The third-order valence-electron chi connectivity index (χ3n) is 2.00. The van der Waals surface area contributed by atoms with Crippen LogP contribution in [0.4, 0.5) is 0 Å².